The molecule has 4 aromatic rings. The molecule has 160 valence electrons. The summed E-state index contributed by atoms with van der Waals surface area (Å²) in [4.78, 5) is 40.9. The fourth-order valence-electron chi connectivity index (χ4n) is 4.56. The number of para-hydroxylation sites is 3. The molecule has 1 N–H and O–H groups in total. The molecule has 1 aliphatic rings. The first kappa shape index (κ1) is 20.0. The Morgan fingerprint density at radius 1 is 0.844 bits per heavy atom. The lowest BCUT2D eigenvalue weighted by Crippen LogP contribution is -2.44. The predicted molar refractivity (Wildman–Crippen MR) is 126 cm³/mol. The van der Waals surface area contributed by atoms with Crippen molar-refractivity contribution in [3.05, 3.63) is 89.1 Å². The highest BCUT2D eigenvalue weighted by Gasteiger charge is 2.34. The van der Waals surface area contributed by atoms with Gasteiger partial charge in [0.05, 0.1) is 11.0 Å². The monoisotopic (exact) mass is 425 g/mol. The van der Waals surface area contributed by atoms with Gasteiger partial charge in [0, 0.05) is 23.0 Å². The van der Waals surface area contributed by atoms with Crippen LogP contribution in [0.2, 0.25) is 0 Å². The molecule has 0 aliphatic carbocycles. The minimum absolute atomic E-state index is 0.0406. The molecule has 0 bridgehead atoms. The second-order valence-electron chi connectivity index (χ2n) is 8.05. The maximum Gasteiger partial charge on any atom is 0.247 e. The average Bonchev–Trinajstić information content (AvgIpc) is 3.33. The summed E-state index contributed by atoms with van der Waals surface area (Å²) >= 11 is 0. The number of hydrogen-bond donors (Lipinski definition) is 1. The Bertz CT molecular complexity index is 1320. The largest absolute Gasteiger partial charge is 0.331 e. The maximum absolute atomic E-state index is 13.4. The van der Waals surface area contributed by atoms with Crippen LogP contribution in [0.3, 0.4) is 0 Å². The first-order valence-corrected chi connectivity index (χ1v) is 10.8. The Morgan fingerprint density at radius 2 is 1.44 bits per heavy atom. The molecule has 2 heterocycles. The van der Waals surface area contributed by atoms with Gasteiger partial charge in [0.2, 0.25) is 11.8 Å². The van der Waals surface area contributed by atoms with Crippen molar-refractivity contribution in [3.8, 4) is 0 Å². The molecule has 1 saturated heterocycles. The molecule has 5 rings (SSSR count). The lowest BCUT2D eigenvalue weighted by atomic mass is 10.1. The number of fused-ring (bicyclic) bond motifs is 2. The number of benzene rings is 3. The Hall–Kier alpha value is -3.93. The van der Waals surface area contributed by atoms with E-state index in [1.54, 1.807) is 17.0 Å². The Kier molecular flexibility index (Phi) is 5.19. The van der Waals surface area contributed by atoms with E-state index in [0.29, 0.717) is 40.5 Å². The van der Waals surface area contributed by atoms with Gasteiger partial charge < -0.3 is 14.8 Å². The number of likely N-dealkylation sites (tertiary alicyclic amines) is 1. The number of nitrogens with zero attached hydrogens (tertiary/aromatic N) is 2. The van der Waals surface area contributed by atoms with E-state index in [-0.39, 0.29) is 23.8 Å². The summed E-state index contributed by atoms with van der Waals surface area (Å²) in [6, 6.07) is 23.5. The minimum Gasteiger partial charge on any atom is -0.331 e. The van der Waals surface area contributed by atoms with Crippen molar-refractivity contribution in [2.45, 2.75) is 25.4 Å². The zero-order valence-corrected chi connectivity index (χ0v) is 17.5. The number of anilines is 1. The number of nitrogens with one attached hydrogen (secondary N) is 1. The van der Waals surface area contributed by atoms with Crippen LogP contribution in [0.15, 0.2) is 83.7 Å². The zero-order valence-electron chi connectivity index (χ0n) is 17.5. The highest BCUT2D eigenvalue weighted by Crippen LogP contribution is 2.23. The molecule has 0 unspecified atom stereocenters. The number of hydrogen-bond acceptors (Lipinski definition) is 3. The van der Waals surface area contributed by atoms with Crippen molar-refractivity contribution >= 4 is 39.3 Å². The summed E-state index contributed by atoms with van der Waals surface area (Å²) < 4.78 is 1.89. The third-order valence-electron chi connectivity index (χ3n) is 6.09. The summed E-state index contributed by atoms with van der Waals surface area (Å²) in [5.74, 6) is -0.300. The molecule has 0 radical (unpaired) electrons. The van der Waals surface area contributed by atoms with E-state index in [1.807, 2.05) is 71.3 Å². The van der Waals surface area contributed by atoms with Crippen molar-refractivity contribution in [2.75, 3.05) is 11.9 Å². The van der Waals surface area contributed by atoms with E-state index in [4.69, 9.17) is 0 Å². The first-order valence-electron chi connectivity index (χ1n) is 10.8. The van der Waals surface area contributed by atoms with Crippen LogP contribution in [-0.4, -0.2) is 33.9 Å². The summed E-state index contributed by atoms with van der Waals surface area (Å²) in [5.41, 5.74) is 2.11. The van der Waals surface area contributed by atoms with Gasteiger partial charge in [-0.3, -0.25) is 14.4 Å². The highest BCUT2D eigenvalue weighted by atomic mass is 16.2. The second kappa shape index (κ2) is 8.30. The molecular formula is C26H23N3O3. The molecule has 6 nitrogen and oxygen atoms in total. The van der Waals surface area contributed by atoms with Crippen molar-refractivity contribution in [2.24, 2.45) is 0 Å². The molecule has 1 fully saturated rings. The van der Waals surface area contributed by atoms with Gasteiger partial charge in [-0.1, -0.05) is 42.5 Å². The fourth-order valence-corrected chi connectivity index (χ4v) is 4.56. The normalized spacial score (nSPS) is 15.9. The summed E-state index contributed by atoms with van der Waals surface area (Å²) in [7, 11) is 0. The number of amides is 2. The minimum atomic E-state index is -0.500. The first-order chi connectivity index (χ1) is 15.6. The third-order valence-corrected chi connectivity index (χ3v) is 6.09. The summed E-state index contributed by atoms with van der Waals surface area (Å²) in [5, 5.41) is 4.08. The molecule has 1 aromatic heterocycles. The molecule has 1 aliphatic heterocycles. The van der Waals surface area contributed by atoms with Gasteiger partial charge in [-0.25, -0.2) is 0 Å². The van der Waals surface area contributed by atoms with E-state index in [2.05, 4.69) is 5.32 Å². The molecular weight excluding hydrogens is 402 g/mol. The van der Waals surface area contributed by atoms with Crippen molar-refractivity contribution < 1.29 is 9.59 Å². The predicted octanol–water partition coefficient (Wildman–Crippen LogP) is 3.78. The van der Waals surface area contributed by atoms with Crippen LogP contribution in [0.4, 0.5) is 5.69 Å². The molecule has 1 atom stereocenters. The Labute approximate surface area is 185 Å². The average molecular weight is 425 g/mol. The fraction of sp³-hybridized carbons (Fsp3) is 0.192. The maximum atomic E-state index is 13.4. The van der Waals surface area contributed by atoms with Crippen molar-refractivity contribution in [1.29, 1.82) is 0 Å². The highest BCUT2D eigenvalue weighted by molar-refractivity contribution is 5.98. The van der Waals surface area contributed by atoms with Crippen LogP contribution in [-0.2, 0) is 16.1 Å². The van der Waals surface area contributed by atoms with Crippen LogP contribution in [0.1, 0.15) is 12.8 Å². The Morgan fingerprint density at radius 3 is 2.09 bits per heavy atom. The number of aromatic nitrogens is 1. The van der Waals surface area contributed by atoms with Crippen LogP contribution in [0, 0.1) is 0 Å². The van der Waals surface area contributed by atoms with Crippen LogP contribution in [0.5, 0.6) is 0 Å². The lowest BCUT2D eigenvalue weighted by molar-refractivity contribution is -0.137. The second-order valence-corrected chi connectivity index (χ2v) is 8.05. The van der Waals surface area contributed by atoms with Gasteiger partial charge in [0.15, 0.2) is 5.43 Å². The van der Waals surface area contributed by atoms with Crippen LogP contribution >= 0.6 is 0 Å². The lowest BCUT2D eigenvalue weighted by Gasteiger charge is -2.25. The van der Waals surface area contributed by atoms with E-state index >= 15 is 0 Å². The van der Waals surface area contributed by atoms with Gasteiger partial charge in [0.25, 0.3) is 0 Å². The van der Waals surface area contributed by atoms with Gasteiger partial charge in [-0.05, 0) is 49.2 Å². The van der Waals surface area contributed by atoms with E-state index in [1.165, 1.54) is 0 Å². The number of carbonyl (C=O) groups excluding carboxylic acids is 2. The third kappa shape index (κ3) is 3.54. The molecule has 32 heavy (non-hydrogen) atoms. The van der Waals surface area contributed by atoms with Crippen LogP contribution in [0.25, 0.3) is 21.8 Å². The molecule has 0 saturated carbocycles. The number of carbonyl (C=O) groups is 2. The smallest absolute Gasteiger partial charge is 0.247 e. The van der Waals surface area contributed by atoms with E-state index < -0.39 is 6.04 Å². The summed E-state index contributed by atoms with van der Waals surface area (Å²) in [6.45, 7) is 0.609. The van der Waals surface area contributed by atoms with Gasteiger partial charge in [-0.2, -0.15) is 0 Å². The molecule has 2 amide bonds. The number of rotatable bonds is 4. The van der Waals surface area contributed by atoms with Crippen LogP contribution < -0.4 is 10.7 Å². The standard InChI is InChI=1S/C26H23N3O3/c30-24(28-16-8-15-23(28)26(32)27-18-9-2-1-3-10-18)17-29-21-13-6-4-11-19(21)25(31)20-12-5-7-14-22(20)29/h1-7,9-14,23H,8,15-17H2,(H,27,32)/t23-/m1/s1. The van der Waals surface area contributed by atoms with E-state index in [9.17, 15) is 14.4 Å². The van der Waals surface area contributed by atoms with Gasteiger partial charge in [-0.15, -0.1) is 0 Å². The van der Waals surface area contributed by atoms with Gasteiger partial charge >= 0.3 is 0 Å². The summed E-state index contributed by atoms with van der Waals surface area (Å²) in [6.07, 6.45) is 1.42. The van der Waals surface area contributed by atoms with Crippen molar-refractivity contribution in [3.63, 3.8) is 0 Å². The van der Waals surface area contributed by atoms with Crippen molar-refractivity contribution in [1.82, 2.24) is 9.47 Å². The Balaban J connectivity index is 1.47. The SMILES string of the molecule is O=C(Nc1ccccc1)[C@H]1CCCN1C(=O)Cn1c2ccccc2c(=O)c2ccccc21. The van der Waals surface area contributed by atoms with Gasteiger partial charge in [0.1, 0.15) is 12.6 Å². The quantitative estimate of drug-likeness (QED) is 0.506. The van der Waals surface area contributed by atoms with E-state index in [0.717, 1.165) is 6.42 Å². The topological polar surface area (TPSA) is 71.4 Å². The number of pyridine rings is 1. The molecule has 0 spiro atoms. The zero-order chi connectivity index (χ0) is 22.1. The molecule has 6 heteroatoms. The molecule has 3 aromatic carbocycles.